The summed E-state index contributed by atoms with van der Waals surface area (Å²) >= 11 is 0. The minimum absolute atomic E-state index is 0.157. The minimum Gasteiger partial charge on any atom is -0.478 e. The van der Waals surface area contributed by atoms with Crippen LogP contribution in [0.15, 0.2) is 30.9 Å². The number of likely N-dealkylation sites (tertiary alicyclic amines) is 1. The number of carbonyl (C=O) groups is 1. The molecule has 2 aromatic heterocycles. The monoisotopic (exact) mass is 312 g/mol. The molecule has 120 valence electrons. The minimum atomic E-state index is -0.991. The number of hydrogen-bond acceptors (Lipinski definition) is 5. The number of carboxylic acid groups (broad SMARTS) is 1. The van der Waals surface area contributed by atoms with Crippen molar-refractivity contribution >= 4 is 5.97 Å². The molecule has 0 aromatic carbocycles. The van der Waals surface area contributed by atoms with Gasteiger partial charge < -0.3 is 10.0 Å². The van der Waals surface area contributed by atoms with Crippen molar-refractivity contribution in [1.29, 1.82) is 0 Å². The molecule has 1 fully saturated rings. The second-order valence-corrected chi connectivity index (χ2v) is 6.11. The molecule has 1 aliphatic rings. The summed E-state index contributed by atoms with van der Waals surface area (Å²) in [5.74, 6) is -0.353. The molecule has 1 N–H and O–H groups in total. The summed E-state index contributed by atoms with van der Waals surface area (Å²) in [5, 5.41) is 9.07. The molecule has 0 aliphatic carbocycles. The highest BCUT2D eigenvalue weighted by molar-refractivity contribution is 5.88. The van der Waals surface area contributed by atoms with E-state index in [0.717, 1.165) is 25.2 Å². The molecule has 1 aliphatic heterocycles. The highest BCUT2D eigenvalue weighted by atomic mass is 16.4. The first-order valence-corrected chi connectivity index (χ1v) is 7.80. The van der Waals surface area contributed by atoms with Crippen LogP contribution in [0.5, 0.6) is 0 Å². The molecule has 1 saturated heterocycles. The summed E-state index contributed by atoms with van der Waals surface area (Å²) in [5.41, 5.74) is 2.47. The van der Waals surface area contributed by atoms with Gasteiger partial charge in [-0.3, -0.25) is 9.97 Å². The lowest BCUT2D eigenvalue weighted by Crippen LogP contribution is -2.31. The van der Waals surface area contributed by atoms with Gasteiger partial charge in [0.1, 0.15) is 0 Å². The quantitative estimate of drug-likeness (QED) is 0.931. The zero-order valence-electron chi connectivity index (χ0n) is 13.1. The molecule has 6 heteroatoms. The molecule has 6 nitrogen and oxygen atoms in total. The van der Waals surface area contributed by atoms with Gasteiger partial charge in [-0.1, -0.05) is 0 Å². The Bertz CT molecular complexity index is 696. The van der Waals surface area contributed by atoms with Gasteiger partial charge in [0.15, 0.2) is 0 Å². The van der Waals surface area contributed by atoms with Gasteiger partial charge in [0.25, 0.3) is 0 Å². The van der Waals surface area contributed by atoms with Crippen LogP contribution in [-0.4, -0.2) is 51.1 Å². The second-order valence-electron chi connectivity index (χ2n) is 6.11. The smallest absolute Gasteiger partial charge is 0.337 e. The van der Waals surface area contributed by atoms with Gasteiger partial charge in [0, 0.05) is 24.2 Å². The lowest BCUT2D eigenvalue weighted by atomic mass is 9.92. The van der Waals surface area contributed by atoms with E-state index in [1.165, 1.54) is 19.0 Å². The van der Waals surface area contributed by atoms with Crippen LogP contribution in [0, 0.1) is 5.92 Å². The maximum absolute atomic E-state index is 11.1. The van der Waals surface area contributed by atoms with Crippen LogP contribution in [0.1, 0.15) is 28.9 Å². The first-order chi connectivity index (χ1) is 11.1. The van der Waals surface area contributed by atoms with Crippen molar-refractivity contribution in [3.63, 3.8) is 0 Å². The van der Waals surface area contributed by atoms with Crippen LogP contribution < -0.4 is 0 Å². The van der Waals surface area contributed by atoms with E-state index in [-0.39, 0.29) is 5.56 Å². The van der Waals surface area contributed by atoms with Crippen LogP contribution in [0.3, 0.4) is 0 Å². The van der Waals surface area contributed by atoms with Crippen LogP contribution in [-0.2, 0) is 6.42 Å². The van der Waals surface area contributed by atoms with Crippen molar-refractivity contribution in [3.8, 4) is 11.3 Å². The molecule has 0 unspecified atom stereocenters. The molecule has 3 heterocycles. The van der Waals surface area contributed by atoms with Crippen molar-refractivity contribution < 1.29 is 9.90 Å². The number of hydrogen-bond donors (Lipinski definition) is 1. The van der Waals surface area contributed by atoms with E-state index in [2.05, 4.69) is 26.9 Å². The lowest BCUT2D eigenvalue weighted by Gasteiger charge is -2.28. The Balaban J connectivity index is 1.77. The van der Waals surface area contributed by atoms with E-state index in [1.54, 1.807) is 24.7 Å². The predicted octanol–water partition coefficient (Wildman–Crippen LogP) is 2.12. The van der Waals surface area contributed by atoms with E-state index in [9.17, 15) is 4.79 Å². The van der Waals surface area contributed by atoms with Crippen molar-refractivity contribution in [2.75, 3.05) is 20.1 Å². The van der Waals surface area contributed by atoms with Crippen molar-refractivity contribution in [1.82, 2.24) is 19.9 Å². The predicted molar refractivity (Wildman–Crippen MR) is 86.1 cm³/mol. The third-order valence-electron chi connectivity index (χ3n) is 4.30. The summed E-state index contributed by atoms with van der Waals surface area (Å²) in [7, 11) is 2.15. The van der Waals surface area contributed by atoms with Gasteiger partial charge >= 0.3 is 5.97 Å². The van der Waals surface area contributed by atoms with Crippen LogP contribution in [0.25, 0.3) is 11.3 Å². The third-order valence-corrected chi connectivity index (χ3v) is 4.30. The van der Waals surface area contributed by atoms with E-state index < -0.39 is 5.97 Å². The van der Waals surface area contributed by atoms with E-state index in [4.69, 9.17) is 5.11 Å². The van der Waals surface area contributed by atoms with Gasteiger partial charge in [0.2, 0.25) is 0 Å². The maximum atomic E-state index is 11.1. The van der Waals surface area contributed by atoms with Gasteiger partial charge in [-0.15, -0.1) is 0 Å². The molecule has 2 aromatic rings. The van der Waals surface area contributed by atoms with Gasteiger partial charge in [-0.25, -0.2) is 9.78 Å². The molecule has 0 bridgehead atoms. The molecule has 23 heavy (non-hydrogen) atoms. The molecule has 0 amide bonds. The number of pyridine rings is 1. The Morgan fingerprint density at radius 3 is 2.70 bits per heavy atom. The number of nitrogens with zero attached hydrogens (tertiary/aromatic N) is 4. The summed E-state index contributed by atoms with van der Waals surface area (Å²) in [6, 6.07) is 1.58. The molecule has 0 radical (unpaired) electrons. The Morgan fingerprint density at radius 2 is 1.96 bits per heavy atom. The fraction of sp³-hybridized carbons (Fsp3) is 0.412. The zero-order chi connectivity index (χ0) is 16.2. The highest BCUT2D eigenvalue weighted by Gasteiger charge is 2.18. The summed E-state index contributed by atoms with van der Waals surface area (Å²) in [4.78, 5) is 26.3. The normalized spacial score (nSPS) is 16.4. The SMILES string of the molecule is CN1CCC(Cc2cncc(-c3cncc(C(=O)O)c3)n2)CC1. The number of piperidine rings is 1. The topological polar surface area (TPSA) is 79.2 Å². The van der Waals surface area contributed by atoms with Gasteiger partial charge in [-0.2, -0.15) is 0 Å². The van der Waals surface area contributed by atoms with Crippen molar-refractivity contribution in [2.45, 2.75) is 19.3 Å². The van der Waals surface area contributed by atoms with Gasteiger partial charge in [0.05, 0.1) is 23.1 Å². The summed E-state index contributed by atoms with van der Waals surface area (Å²) < 4.78 is 0. The van der Waals surface area contributed by atoms with E-state index in [0.29, 0.717) is 17.2 Å². The summed E-state index contributed by atoms with van der Waals surface area (Å²) in [6.07, 6.45) is 9.69. The van der Waals surface area contributed by atoms with Gasteiger partial charge in [-0.05, 0) is 51.4 Å². The molecular formula is C17H20N4O2. The molecular weight excluding hydrogens is 292 g/mol. The average molecular weight is 312 g/mol. The molecule has 0 saturated carbocycles. The Hall–Kier alpha value is -2.34. The summed E-state index contributed by atoms with van der Waals surface area (Å²) in [6.45, 7) is 2.25. The zero-order valence-corrected chi connectivity index (χ0v) is 13.1. The first-order valence-electron chi connectivity index (χ1n) is 7.80. The standard InChI is InChI=1S/C17H20N4O2/c1-21-4-2-12(3-5-21)6-15-10-19-11-16(20-15)13-7-14(17(22)23)9-18-8-13/h7-12H,2-6H2,1H3,(H,22,23). The molecule has 3 rings (SSSR count). The average Bonchev–Trinajstić information content (AvgIpc) is 2.57. The van der Waals surface area contributed by atoms with Crippen LogP contribution in [0.4, 0.5) is 0 Å². The van der Waals surface area contributed by atoms with Crippen molar-refractivity contribution in [3.05, 3.63) is 42.1 Å². The lowest BCUT2D eigenvalue weighted by molar-refractivity contribution is 0.0696. The number of aromatic carboxylic acids is 1. The Labute approximate surface area is 135 Å². The Kier molecular flexibility index (Phi) is 4.62. The number of carboxylic acids is 1. The molecule has 0 spiro atoms. The Morgan fingerprint density at radius 1 is 1.22 bits per heavy atom. The first kappa shape index (κ1) is 15.6. The van der Waals surface area contributed by atoms with E-state index in [1.807, 2.05) is 0 Å². The van der Waals surface area contributed by atoms with Crippen LogP contribution in [0.2, 0.25) is 0 Å². The maximum Gasteiger partial charge on any atom is 0.337 e. The third kappa shape index (κ3) is 3.90. The molecule has 0 atom stereocenters. The number of aromatic nitrogens is 3. The van der Waals surface area contributed by atoms with Crippen molar-refractivity contribution in [2.24, 2.45) is 5.92 Å². The van der Waals surface area contributed by atoms with Crippen LogP contribution >= 0.6 is 0 Å². The largest absolute Gasteiger partial charge is 0.478 e. The van der Waals surface area contributed by atoms with E-state index >= 15 is 0 Å². The number of rotatable bonds is 4. The fourth-order valence-electron chi connectivity index (χ4n) is 2.90. The fourth-order valence-corrected chi connectivity index (χ4v) is 2.90. The highest BCUT2D eigenvalue weighted by Crippen LogP contribution is 2.22. The second kappa shape index (κ2) is 6.83.